The summed E-state index contributed by atoms with van der Waals surface area (Å²) in [6, 6.07) is 12.3. The highest BCUT2D eigenvalue weighted by Crippen LogP contribution is 2.31. The highest BCUT2D eigenvalue weighted by Gasteiger charge is 2.32. The minimum absolute atomic E-state index is 0.0519. The van der Waals surface area contributed by atoms with E-state index in [9.17, 15) is 9.59 Å². The SMILES string of the molecule is O=C(C1COc2ccccc2O1)N1CCN(CCn2nc(-n3cccn3)ccc2=O)CC1. The molecule has 1 amide bonds. The summed E-state index contributed by atoms with van der Waals surface area (Å²) in [4.78, 5) is 29.1. The van der Waals surface area contributed by atoms with Crippen LogP contribution < -0.4 is 15.0 Å². The summed E-state index contributed by atoms with van der Waals surface area (Å²) in [5.41, 5.74) is -0.149. The second-order valence-electron chi connectivity index (χ2n) is 7.73. The fourth-order valence-electron chi connectivity index (χ4n) is 3.90. The zero-order chi connectivity index (χ0) is 21.9. The van der Waals surface area contributed by atoms with Crippen LogP contribution in [-0.2, 0) is 11.3 Å². The van der Waals surface area contributed by atoms with Crippen LogP contribution in [0.3, 0.4) is 0 Å². The lowest BCUT2D eigenvalue weighted by Crippen LogP contribution is -2.54. The average molecular weight is 436 g/mol. The summed E-state index contributed by atoms with van der Waals surface area (Å²) in [6.07, 6.45) is 2.83. The van der Waals surface area contributed by atoms with Crippen molar-refractivity contribution in [2.75, 3.05) is 39.3 Å². The van der Waals surface area contributed by atoms with Crippen molar-refractivity contribution < 1.29 is 14.3 Å². The molecule has 0 aliphatic carbocycles. The molecule has 1 atom stereocenters. The van der Waals surface area contributed by atoms with E-state index < -0.39 is 6.10 Å². The van der Waals surface area contributed by atoms with Crippen molar-refractivity contribution in [3.05, 3.63) is 65.2 Å². The van der Waals surface area contributed by atoms with Gasteiger partial charge in [0.2, 0.25) is 6.10 Å². The quantitative estimate of drug-likeness (QED) is 0.572. The van der Waals surface area contributed by atoms with Gasteiger partial charge in [-0.15, -0.1) is 5.10 Å². The van der Waals surface area contributed by atoms with Gasteiger partial charge < -0.3 is 14.4 Å². The van der Waals surface area contributed by atoms with Crippen molar-refractivity contribution in [3.8, 4) is 17.3 Å². The van der Waals surface area contributed by atoms with E-state index in [0.29, 0.717) is 43.5 Å². The summed E-state index contributed by atoms with van der Waals surface area (Å²) in [5, 5.41) is 8.56. The van der Waals surface area contributed by atoms with Crippen molar-refractivity contribution in [2.24, 2.45) is 0 Å². The Morgan fingerprint density at radius 3 is 2.59 bits per heavy atom. The summed E-state index contributed by atoms with van der Waals surface area (Å²) in [7, 11) is 0. The molecule has 1 aromatic carbocycles. The van der Waals surface area contributed by atoms with Crippen molar-refractivity contribution >= 4 is 5.91 Å². The van der Waals surface area contributed by atoms with Gasteiger partial charge in [0.1, 0.15) is 6.61 Å². The lowest BCUT2D eigenvalue weighted by molar-refractivity contribution is -0.143. The molecule has 10 heteroatoms. The minimum Gasteiger partial charge on any atom is -0.485 e. The molecule has 0 bridgehead atoms. The second-order valence-corrected chi connectivity index (χ2v) is 7.73. The van der Waals surface area contributed by atoms with E-state index in [1.807, 2.05) is 29.2 Å². The van der Waals surface area contributed by atoms with Gasteiger partial charge in [0, 0.05) is 51.2 Å². The molecule has 0 saturated carbocycles. The maximum Gasteiger partial charge on any atom is 0.267 e. The number of hydrogen-bond acceptors (Lipinski definition) is 7. The van der Waals surface area contributed by atoms with Crippen LogP contribution in [0.4, 0.5) is 0 Å². The monoisotopic (exact) mass is 436 g/mol. The first-order chi connectivity index (χ1) is 15.7. The Bertz CT molecular complexity index is 1140. The molecule has 0 spiro atoms. The van der Waals surface area contributed by atoms with Crippen LogP contribution in [0.2, 0.25) is 0 Å². The lowest BCUT2D eigenvalue weighted by atomic mass is 10.2. The molecule has 5 rings (SSSR count). The molecule has 2 aliphatic rings. The molecule has 32 heavy (non-hydrogen) atoms. The Hall–Kier alpha value is -3.66. The highest BCUT2D eigenvalue weighted by atomic mass is 16.6. The first-order valence-electron chi connectivity index (χ1n) is 10.7. The number of amides is 1. The Morgan fingerprint density at radius 1 is 1.00 bits per heavy atom. The van der Waals surface area contributed by atoms with Gasteiger partial charge in [0.25, 0.3) is 11.5 Å². The van der Waals surface area contributed by atoms with E-state index >= 15 is 0 Å². The highest BCUT2D eigenvalue weighted by molar-refractivity contribution is 5.82. The van der Waals surface area contributed by atoms with Crippen LogP contribution in [-0.4, -0.2) is 80.7 Å². The molecular formula is C22H24N6O4. The number of benzene rings is 1. The zero-order valence-corrected chi connectivity index (χ0v) is 17.5. The Balaban J connectivity index is 1.14. The Morgan fingerprint density at radius 2 is 1.81 bits per heavy atom. The summed E-state index contributed by atoms with van der Waals surface area (Å²) in [5.74, 6) is 1.82. The van der Waals surface area contributed by atoms with Crippen LogP contribution in [0.15, 0.2) is 59.7 Å². The Labute approximate surface area is 184 Å². The molecule has 3 aromatic rings. The van der Waals surface area contributed by atoms with Gasteiger partial charge in [-0.3, -0.25) is 14.5 Å². The van der Waals surface area contributed by atoms with Crippen molar-refractivity contribution in [3.63, 3.8) is 0 Å². The van der Waals surface area contributed by atoms with Crippen LogP contribution in [0.5, 0.6) is 11.5 Å². The van der Waals surface area contributed by atoms with E-state index in [1.54, 1.807) is 29.2 Å². The van der Waals surface area contributed by atoms with Gasteiger partial charge in [0.15, 0.2) is 17.3 Å². The molecule has 1 fully saturated rings. The predicted octanol–water partition coefficient (Wildman–Crippen LogP) is 0.413. The van der Waals surface area contributed by atoms with E-state index in [2.05, 4.69) is 15.1 Å². The van der Waals surface area contributed by atoms with Crippen LogP contribution in [0, 0.1) is 0 Å². The number of carbonyl (C=O) groups excluding carboxylic acids is 1. The fraction of sp³-hybridized carbons (Fsp3) is 0.364. The number of carbonyl (C=O) groups is 1. The van der Waals surface area contributed by atoms with Crippen LogP contribution >= 0.6 is 0 Å². The number of piperazine rings is 1. The number of ether oxygens (including phenoxy) is 2. The molecular weight excluding hydrogens is 412 g/mol. The van der Waals surface area contributed by atoms with Gasteiger partial charge in [-0.2, -0.15) is 5.10 Å². The van der Waals surface area contributed by atoms with E-state index in [-0.39, 0.29) is 18.1 Å². The molecule has 2 aliphatic heterocycles. The largest absolute Gasteiger partial charge is 0.485 e. The molecule has 166 valence electrons. The van der Waals surface area contributed by atoms with Gasteiger partial charge in [-0.1, -0.05) is 12.1 Å². The number of hydrogen-bond donors (Lipinski definition) is 0. The summed E-state index contributed by atoms with van der Waals surface area (Å²) >= 11 is 0. The van der Waals surface area contributed by atoms with Crippen LogP contribution in [0.25, 0.3) is 5.82 Å². The maximum absolute atomic E-state index is 12.9. The maximum atomic E-state index is 12.9. The van der Waals surface area contributed by atoms with Crippen molar-refractivity contribution in [1.82, 2.24) is 29.4 Å². The number of aromatic nitrogens is 4. The third kappa shape index (κ3) is 4.22. The number of rotatable bonds is 5. The third-order valence-corrected chi connectivity index (χ3v) is 5.69. The number of para-hydroxylation sites is 2. The lowest BCUT2D eigenvalue weighted by Gasteiger charge is -2.37. The molecule has 2 aromatic heterocycles. The van der Waals surface area contributed by atoms with E-state index in [1.165, 1.54) is 10.7 Å². The molecule has 0 radical (unpaired) electrons. The van der Waals surface area contributed by atoms with Gasteiger partial charge in [-0.05, 0) is 24.3 Å². The first kappa shape index (κ1) is 20.3. The van der Waals surface area contributed by atoms with Crippen LogP contribution in [0.1, 0.15) is 0 Å². The van der Waals surface area contributed by atoms with E-state index in [4.69, 9.17) is 9.47 Å². The first-order valence-corrected chi connectivity index (χ1v) is 10.7. The van der Waals surface area contributed by atoms with Gasteiger partial charge >= 0.3 is 0 Å². The Kier molecular flexibility index (Phi) is 5.59. The second kappa shape index (κ2) is 8.83. The summed E-state index contributed by atoms with van der Waals surface area (Å²) < 4.78 is 14.6. The molecule has 4 heterocycles. The standard InChI is InChI=1S/C22H24N6O4/c29-21-7-6-20(27-9-3-8-23-27)24-28(21)15-12-25-10-13-26(14-11-25)22(30)19-16-31-17-4-1-2-5-18(17)32-19/h1-9,19H,10-16H2. The molecule has 1 saturated heterocycles. The number of nitrogens with zero attached hydrogens (tertiary/aromatic N) is 6. The van der Waals surface area contributed by atoms with Gasteiger partial charge in [0.05, 0.1) is 6.54 Å². The third-order valence-electron chi connectivity index (χ3n) is 5.69. The normalized spacial score (nSPS) is 18.5. The zero-order valence-electron chi connectivity index (χ0n) is 17.5. The van der Waals surface area contributed by atoms with Gasteiger partial charge in [-0.25, -0.2) is 9.36 Å². The summed E-state index contributed by atoms with van der Waals surface area (Å²) in [6.45, 7) is 4.03. The van der Waals surface area contributed by atoms with Crippen molar-refractivity contribution in [1.29, 1.82) is 0 Å². The fourth-order valence-corrected chi connectivity index (χ4v) is 3.90. The number of fused-ring (bicyclic) bond motifs is 1. The predicted molar refractivity (Wildman–Crippen MR) is 115 cm³/mol. The average Bonchev–Trinajstić information content (AvgIpc) is 3.38. The van der Waals surface area contributed by atoms with Crippen molar-refractivity contribution in [2.45, 2.75) is 12.6 Å². The smallest absolute Gasteiger partial charge is 0.267 e. The topological polar surface area (TPSA) is 94.7 Å². The molecule has 1 unspecified atom stereocenters. The minimum atomic E-state index is -0.621. The molecule has 0 N–H and O–H groups in total. The molecule has 10 nitrogen and oxygen atoms in total. The van der Waals surface area contributed by atoms with E-state index in [0.717, 1.165) is 13.1 Å².